The van der Waals surface area contributed by atoms with Crippen LogP contribution in [0.1, 0.15) is 16.0 Å². The molecular weight excluding hydrogens is 353 g/mol. The van der Waals surface area contributed by atoms with E-state index in [1.807, 2.05) is 0 Å². The van der Waals surface area contributed by atoms with E-state index in [9.17, 15) is 0 Å². The molecule has 1 aromatic carbocycles. The number of rotatable bonds is 1. The Morgan fingerprint density at radius 2 is 1.64 bits per heavy atom. The van der Waals surface area contributed by atoms with E-state index in [-0.39, 0.29) is 0 Å². The van der Waals surface area contributed by atoms with Gasteiger partial charge in [0.2, 0.25) is 3.79 Å². The zero-order valence-corrected chi connectivity index (χ0v) is 11.9. The van der Waals surface area contributed by atoms with Gasteiger partial charge in [-0.25, -0.2) is 0 Å². The first-order valence-electron chi connectivity index (χ1n) is 3.46. The molecule has 1 rings (SSSR count). The maximum Gasteiger partial charge on any atom is 0.216 e. The predicted molar refractivity (Wildman–Crippen MR) is 67.8 cm³/mol. The van der Waals surface area contributed by atoms with Crippen molar-refractivity contribution in [1.29, 1.82) is 0 Å². The summed E-state index contributed by atoms with van der Waals surface area (Å²) in [6.45, 7) is 0. The first-order valence-corrected chi connectivity index (χ1v) is 6.26. The lowest BCUT2D eigenvalue weighted by Crippen LogP contribution is -2.01. The normalized spacial score (nSPS) is 12.2. The zero-order chi connectivity index (χ0) is 10.9. The van der Waals surface area contributed by atoms with Crippen molar-refractivity contribution in [2.45, 2.75) is 8.63 Å². The molecule has 6 heteroatoms. The third-order valence-corrected chi connectivity index (χ3v) is 3.12. The lowest BCUT2D eigenvalue weighted by atomic mass is 10.1. The van der Waals surface area contributed by atoms with Gasteiger partial charge >= 0.3 is 0 Å². The molecule has 0 nitrogen and oxygen atoms in total. The second-order valence-electron chi connectivity index (χ2n) is 2.57. The van der Waals surface area contributed by atoms with Crippen LogP contribution in [0.4, 0.5) is 0 Å². The molecule has 0 amide bonds. The van der Waals surface area contributed by atoms with Gasteiger partial charge in [-0.05, 0) is 23.8 Å². The minimum Gasteiger partial charge on any atom is -0.100 e. The molecule has 0 spiro atoms. The molecule has 14 heavy (non-hydrogen) atoms. The van der Waals surface area contributed by atoms with Gasteiger partial charge in [-0.1, -0.05) is 50.7 Å². The summed E-state index contributed by atoms with van der Waals surface area (Å²) in [4.78, 5) is -0.640. The van der Waals surface area contributed by atoms with Crippen molar-refractivity contribution < 1.29 is 0 Å². The van der Waals surface area contributed by atoms with Crippen LogP contribution in [0.25, 0.3) is 0 Å². The molecule has 0 radical (unpaired) electrons. The molecule has 0 bridgehead atoms. The molecule has 0 aliphatic rings. The van der Waals surface area contributed by atoms with Gasteiger partial charge < -0.3 is 0 Å². The van der Waals surface area contributed by atoms with E-state index >= 15 is 0 Å². The van der Waals surface area contributed by atoms with E-state index in [4.69, 9.17) is 58.0 Å². The highest BCUT2D eigenvalue weighted by atomic mass is 79.9. The Labute approximate surface area is 116 Å². The average molecular weight is 357 g/mol. The third-order valence-electron chi connectivity index (χ3n) is 1.50. The van der Waals surface area contributed by atoms with Gasteiger partial charge in [-0.3, -0.25) is 0 Å². The Kier molecular flexibility index (Phi) is 4.71. The summed E-state index contributed by atoms with van der Waals surface area (Å²) in [6.07, 6.45) is 0. The monoisotopic (exact) mass is 354 g/mol. The number of alkyl halides is 5. The summed E-state index contributed by atoms with van der Waals surface area (Å²) in [5.41, 5.74) is 1.21. The molecule has 0 aliphatic heterocycles. The van der Waals surface area contributed by atoms with Crippen LogP contribution in [0.3, 0.4) is 0 Å². The zero-order valence-electron chi connectivity index (χ0n) is 6.58. The number of halogens is 6. The van der Waals surface area contributed by atoms with E-state index in [1.165, 1.54) is 0 Å². The summed E-state index contributed by atoms with van der Waals surface area (Å²) < 4.78 is -0.705. The first-order chi connectivity index (χ1) is 6.30. The molecular formula is C8H4BrCl5. The number of benzene rings is 1. The van der Waals surface area contributed by atoms with Crippen molar-refractivity contribution in [3.8, 4) is 0 Å². The third kappa shape index (κ3) is 3.62. The smallest absolute Gasteiger partial charge is 0.100 e. The highest BCUT2D eigenvalue weighted by Crippen LogP contribution is 2.41. The van der Waals surface area contributed by atoms with Gasteiger partial charge in [-0.2, -0.15) is 0 Å². The van der Waals surface area contributed by atoms with Crippen LogP contribution in [0.5, 0.6) is 0 Å². The Morgan fingerprint density at radius 1 is 1.07 bits per heavy atom. The van der Waals surface area contributed by atoms with Crippen molar-refractivity contribution in [3.63, 3.8) is 0 Å². The minimum absolute atomic E-state index is 0.526. The largest absolute Gasteiger partial charge is 0.216 e. The molecule has 0 aromatic heterocycles. The van der Waals surface area contributed by atoms with Crippen LogP contribution in [0, 0.1) is 0 Å². The SMILES string of the molecule is ClC(Cl)c1cc(Br)cc(C(Cl)(Cl)Cl)c1. The molecule has 1 aromatic rings. The number of hydrogen-bond donors (Lipinski definition) is 0. The highest BCUT2D eigenvalue weighted by molar-refractivity contribution is 9.10. The van der Waals surface area contributed by atoms with E-state index in [1.54, 1.807) is 18.2 Å². The molecule has 0 unspecified atom stereocenters. The highest BCUT2D eigenvalue weighted by Gasteiger charge is 2.24. The summed E-state index contributed by atoms with van der Waals surface area (Å²) >= 11 is 31.9. The Bertz CT molecular complexity index is 331. The molecule has 0 atom stereocenters. The lowest BCUT2D eigenvalue weighted by molar-refractivity contribution is 1.20. The van der Waals surface area contributed by atoms with Gasteiger partial charge in [-0.15, -0.1) is 23.2 Å². The average Bonchev–Trinajstić information content (AvgIpc) is 2.01. The van der Waals surface area contributed by atoms with Gasteiger partial charge in [0.05, 0.1) is 0 Å². The second kappa shape index (κ2) is 4.99. The molecule has 0 N–H and O–H groups in total. The van der Waals surface area contributed by atoms with Gasteiger partial charge in [0.25, 0.3) is 0 Å². The number of hydrogen-bond acceptors (Lipinski definition) is 0. The van der Waals surface area contributed by atoms with Crippen molar-refractivity contribution in [2.75, 3.05) is 0 Å². The van der Waals surface area contributed by atoms with Crippen LogP contribution < -0.4 is 0 Å². The standard InChI is InChI=1S/C8H4BrCl5/c9-6-2-4(7(10)11)1-5(3-6)8(12,13)14/h1-3,7H. The fraction of sp³-hybridized carbons (Fsp3) is 0.250. The molecule has 0 aliphatic carbocycles. The van der Waals surface area contributed by atoms with Gasteiger partial charge in [0, 0.05) is 10.0 Å². The molecule has 78 valence electrons. The van der Waals surface area contributed by atoms with Gasteiger partial charge in [0.1, 0.15) is 4.84 Å². The maximum atomic E-state index is 5.73. The summed E-state index contributed by atoms with van der Waals surface area (Å²) in [7, 11) is 0. The fourth-order valence-electron chi connectivity index (χ4n) is 0.902. The quantitative estimate of drug-likeness (QED) is 0.561. The summed E-state index contributed by atoms with van der Waals surface area (Å²) in [6, 6.07) is 5.12. The van der Waals surface area contributed by atoms with Crippen LogP contribution >= 0.6 is 73.9 Å². The van der Waals surface area contributed by atoms with Crippen LogP contribution in [-0.2, 0) is 3.79 Å². The van der Waals surface area contributed by atoms with Crippen molar-refractivity contribution >= 4 is 73.9 Å². The maximum absolute atomic E-state index is 5.73. The predicted octanol–water partition coefficient (Wildman–Crippen LogP) is 5.75. The van der Waals surface area contributed by atoms with E-state index < -0.39 is 8.63 Å². The first kappa shape index (κ1) is 13.2. The Morgan fingerprint density at radius 3 is 2.07 bits per heavy atom. The molecule has 0 saturated heterocycles. The Balaban J connectivity index is 3.21. The van der Waals surface area contributed by atoms with Gasteiger partial charge in [0.15, 0.2) is 0 Å². The topological polar surface area (TPSA) is 0 Å². The lowest BCUT2D eigenvalue weighted by Gasteiger charge is -2.13. The van der Waals surface area contributed by atoms with Crippen LogP contribution in [0.15, 0.2) is 22.7 Å². The van der Waals surface area contributed by atoms with Crippen molar-refractivity contribution in [3.05, 3.63) is 33.8 Å². The van der Waals surface area contributed by atoms with E-state index in [0.717, 1.165) is 4.47 Å². The Hall–Kier alpha value is 1.15. The fourth-order valence-corrected chi connectivity index (χ4v) is 1.99. The molecule has 0 fully saturated rings. The van der Waals surface area contributed by atoms with Crippen LogP contribution in [0.2, 0.25) is 0 Å². The summed E-state index contributed by atoms with van der Waals surface area (Å²) in [5.74, 6) is 0. The van der Waals surface area contributed by atoms with Crippen LogP contribution in [-0.4, -0.2) is 0 Å². The summed E-state index contributed by atoms with van der Waals surface area (Å²) in [5, 5.41) is 0. The second-order valence-corrected chi connectivity index (χ2v) is 6.86. The van der Waals surface area contributed by atoms with E-state index in [0.29, 0.717) is 11.1 Å². The van der Waals surface area contributed by atoms with Crippen molar-refractivity contribution in [2.24, 2.45) is 0 Å². The van der Waals surface area contributed by atoms with Crippen molar-refractivity contribution in [1.82, 2.24) is 0 Å². The molecule has 0 saturated carbocycles. The minimum atomic E-state index is -1.47. The molecule has 0 heterocycles. The van der Waals surface area contributed by atoms with E-state index in [2.05, 4.69) is 15.9 Å².